The van der Waals surface area contributed by atoms with Crippen LogP contribution >= 0.6 is 11.6 Å². The Kier molecular flexibility index (Phi) is 6.78. The third-order valence-electron chi connectivity index (χ3n) is 5.10. The maximum atomic E-state index is 12.2. The van der Waals surface area contributed by atoms with Crippen molar-refractivity contribution in [2.24, 2.45) is 0 Å². The van der Waals surface area contributed by atoms with Gasteiger partial charge in [0, 0.05) is 56.1 Å². The molecule has 2 aliphatic heterocycles. The Balaban J connectivity index is 1.55. The summed E-state index contributed by atoms with van der Waals surface area (Å²) in [5, 5.41) is 11.4. The van der Waals surface area contributed by atoms with Crippen LogP contribution in [0.3, 0.4) is 0 Å². The number of hydrogen-bond acceptors (Lipinski definition) is 5. The molecule has 0 spiro atoms. The zero-order valence-electron chi connectivity index (χ0n) is 17.9. The third-order valence-corrected chi connectivity index (χ3v) is 5.47. The van der Waals surface area contributed by atoms with E-state index in [-0.39, 0.29) is 11.9 Å². The fraction of sp³-hybridized carbons (Fsp3) is 0.435. The number of piperazine rings is 1. The first-order valence-corrected chi connectivity index (χ1v) is 10.5. The Hall–Kier alpha value is -2.44. The molecule has 0 saturated carbocycles. The van der Waals surface area contributed by atoms with Crippen molar-refractivity contribution in [1.82, 2.24) is 14.7 Å². The summed E-state index contributed by atoms with van der Waals surface area (Å²) in [5.74, 6) is 0.194. The van der Waals surface area contributed by atoms with E-state index in [1.807, 2.05) is 62.2 Å². The summed E-state index contributed by atoms with van der Waals surface area (Å²) in [6, 6.07) is 7.65. The molecule has 1 fully saturated rings. The van der Waals surface area contributed by atoms with Crippen LogP contribution in [-0.2, 0) is 11.3 Å². The maximum absolute atomic E-state index is 12.2. The summed E-state index contributed by atoms with van der Waals surface area (Å²) in [7, 11) is 0. The molecular weight excluding hydrogens is 402 g/mol. The minimum atomic E-state index is -0.492. The van der Waals surface area contributed by atoms with Crippen molar-refractivity contribution < 1.29 is 14.6 Å². The lowest BCUT2D eigenvalue weighted by atomic mass is 10.1. The number of amides is 1. The van der Waals surface area contributed by atoms with E-state index < -0.39 is 5.60 Å². The topological polar surface area (TPSA) is 56.3 Å². The van der Waals surface area contributed by atoms with Crippen molar-refractivity contribution in [2.45, 2.75) is 32.9 Å². The molecule has 7 heteroatoms. The van der Waals surface area contributed by atoms with Gasteiger partial charge in [-0.15, -0.1) is 0 Å². The Morgan fingerprint density at radius 2 is 1.83 bits per heavy atom. The van der Waals surface area contributed by atoms with Gasteiger partial charge in [0.15, 0.2) is 0 Å². The van der Waals surface area contributed by atoms with E-state index in [0.29, 0.717) is 36.9 Å². The van der Waals surface area contributed by atoms with Crippen molar-refractivity contribution in [3.63, 3.8) is 0 Å². The molecule has 0 radical (unpaired) electrons. The standard InChI is InChI=1S/C23H30ClN3O3/c1-17-21(28)19(9-10-27(17)16-18-7-5-6-8-20(18)24)15-25-11-13-26(14-12-25)22(29)30-23(2,3)4/h5-10,28H,1,11-16H2,2-4H3. The van der Waals surface area contributed by atoms with Gasteiger partial charge < -0.3 is 19.6 Å². The van der Waals surface area contributed by atoms with Crippen LogP contribution < -0.4 is 0 Å². The van der Waals surface area contributed by atoms with Crippen LogP contribution in [0.25, 0.3) is 0 Å². The fourth-order valence-electron chi connectivity index (χ4n) is 3.41. The molecule has 0 aliphatic carbocycles. The summed E-state index contributed by atoms with van der Waals surface area (Å²) < 4.78 is 5.44. The zero-order valence-corrected chi connectivity index (χ0v) is 18.7. The van der Waals surface area contributed by atoms with Crippen LogP contribution in [0.4, 0.5) is 4.79 Å². The highest BCUT2D eigenvalue weighted by molar-refractivity contribution is 6.31. The van der Waals surface area contributed by atoms with Gasteiger partial charge in [0.1, 0.15) is 11.4 Å². The van der Waals surface area contributed by atoms with Gasteiger partial charge in [0.2, 0.25) is 0 Å². The molecule has 1 aromatic carbocycles. The largest absolute Gasteiger partial charge is 0.505 e. The number of ether oxygens (including phenoxy) is 1. The van der Waals surface area contributed by atoms with Gasteiger partial charge in [-0.25, -0.2) is 4.79 Å². The summed E-state index contributed by atoms with van der Waals surface area (Å²) in [6.07, 6.45) is 3.57. The number of hydrogen-bond donors (Lipinski definition) is 1. The van der Waals surface area contributed by atoms with Gasteiger partial charge in [0.25, 0.3) is 0 Å². The average Bonchev–Trinajstić information content (AvgIpc) is 2.68. The molecule has 0 unspecified atom stereocenters. The quantitative estimate of drug-likeness (QED) is 0.758. The van der Waals surface area contributed by atoms with E-state index in [4.69, 9.17) is 16.3 Å². The summed E-state index contributed by atoms with van der Waals surface area (Å²) in [6.45, 7) is 13.5. The lowest BCUT2D eigenvalue weighted by Gasteiger charge is -2.36. The smallest absolute Gasteiger partial charge is 0.410 e. The predicted molar refractivity (Wildman–Crippen MR) is 119 cm³/mol. The number of benzene rings is 1. The minimum absolute atomic E-state index is 0.194. The summed E-state index contributed by atoms with van der Waals surface area (Å²) >= 11 is 6.26. The molecule has 0 atom stereocenters. The molecule has 0 aromatic heterocycles. The molecule has 0 bridgehead atoms. The number of halogens is 1. The van der Waals surface area contributed by atoms with Crippen molar-refractivity contribution in [2.75, 3.05) is 32.7 Å². The van der Waals surface area contributed by atoms with E-state index in [1.54, 1.807) is 4.90 Å². The van der Waals surface area contributed by atoms with Gasteiger partial charge in [-0.05, 0) is 38.5 Å². The number of aliphatic hydroxyl groups is 1. The van der Waals surface area contributed by atoms with Crippen molar-refractivity contribution in [3.8, 4) is 0 Å². The van der Waals surface area contributed by atoms with Gasteiger partial charge in [0.05, 0.1) is 5.70 Å². The lowest BCUT2D eigenvalue weighted by molar-refractivity contribution is 0.0152. The van der Waals surface area contributed by atoms with Crippen LogP contribution in [0.5, 0.6) is 0 Å². The second-order valence-corrected chi connectivity index (χ2v) is 9.01. The first-order valence-electron chi connectivity index (χ1n) is 10.1. The van der Waals surface area contributed by atoms with E-state index in [1.165, 1.54) is 0 Å². The lowest BCUT2D eigenvalue weighted by Crippen LogP contribution is -2.50. The first-order chi connectivity index (χ1) is 14.1. The number of rotatable bonds is 4. The normalized spacial score (nSPS) is 18.2. The Bertz CT molecular complexity index is 865. The van der Waals surface area contributed by atoms with Crippen LogP contribution in [0.2, 0.25) is 5.02 Å². The molecule has 1 amide bonds. The SMILES string of the molecule is C=C1C(O)=C(CN2CCN(C(=O)OC(C)(C)C)CC2)C=CN1Cc1ccccc1Cl. The number of nitrogens with zero attached hydrogens (tertiary/aromatic N) is 3. The highest BCUT2D eigenvalue weighted by Gasteiger charge is 2.27. The van der Waals surface area contributed by atoms with Gasteiger partial charge in [-0.2, -0.15) is 0 Å². The first kappa shape index (κ1) is 22.2. The highest BCUT2D eigenvalue weighted by atomic mass is 35.5. The molecule has 6 nitrogen and oxygen atoms in total. The fourth-order valence-corrected chi connectivity index (χ4v) is 3.61. The molecule has 2 heterocycles. The van der Waals surface area contributed by atoms with Gasteiger partial charge >= 0.3 is 6.09 Å². The summed E-state index contributed by atoms with van der Waals surface area (Å²) in [4.78, 5) is 18.1. The Morgan fingerprint density at radius 1 is 1.17 bits per heavy atom. The highest BCUT2D eigenvalue weighted by Crippen LogP contribution is 2.27. The van der Waals surface area contributed by atoms with Gasteiger partial charge in [-0.3, -0.25) is 4.90 Å². The number of carbonyl (C=O) groups excluding carboxylic acids is 1. The zero-order chi connectivity index (χ0) is 21.9. The molecule has 162 valence electrons. The predicted octanol–water partition coefficient (Wildman–Crippen LogP) is 4.55. The van der Waals surface area contributed by atoms with Gasteiger partial charge in [-0.1, -0.05) is 36.4 Å². The Labute approximate surface area is 183 Å². The van der Waals surface area contributed by atoms with Crippen LogP contribution in [0.15, 0.2) is 60.1 Å². The number of carbonyl (C=O) groups is 1. The molecule has 2 aliphatic rings. The van der Waals surface area contributed by atoms with E-state index in [0.717, 1.165) is 24.2 Å². The van der Waals surface area contributed by atoms with Crippen molar-refractivity contribution >= 4 is 17.7 Å². The molecule has 3 rings (SSSR count). The van der Waals surface area contributed by atoms with Crippen LogP contribution in [0, 0.1) is 0 Å². The molecular formula is C23H30ClN3O3. The van der Waals surface area contributed by atoms with E-state index in [9.17, 15) is 9.90 Å². The minimum Gasteiger partial charge on any atom is -0.505 e. The van der Waals surface area contributed by atoms with Crippen molar-refractivity contribution in [3.05, 3.63) is 70.7 Å². The second kappa shape index (κ2) is 9.14. The molecule has 1 saturated heterocycles. The maximum Gasteiger partial charge on any atom is 0.410 e. The van der Waals surface area contributed by atoms with E-state index >= 15 is 0 Å². The average molecular weight is 432 g/mol. The monoisotopic (exact) mass is 431 g/mol. The van der Waals surface area contributed by atoms with Crippen molar-refractivity contribution in [1.29, 1.82) is 0 Å². The molecule has 1 aromatic rings. The van der Waals surface area contributed by atoms with Crippen LogP contribution in [0.1, 0.15) is 26.3 Å². The molecule has 1 N–H and O–H groups in total. The second-order valence-electron chi connectivity index (χ2n) is 8.60. The Morgan fingerprint density at radius 3 is 2.47 bits per heavy atom. The summed E-state index contributed by atoms with van der Waals surface area (Å²) in [5.41, 5.74) is 1.86. The van der Waals surface area contributed by atoms with E-state index in [2.05, 4.69) is 11.5 Å². The number of aliphatic hydroxyl groups excluding tert-OH is 1. The third kappa shape index (κ3) is 5.58. The molecule has 30 heavy (non-hydrogen) atoms. The van der Waals surface area contributed by atoms with Crippen LogP contribution in [-0.4, -0.2) is 64.2 Å².